The minimum absolute atomic E-state index is 0.136. The normalized spacial score (nSPS) is 25.7. The highest BCUT2D eigenvalue weighted by Crippen LogP contribution is 2.41. The van der Waals surface area contributed by atoms with E-state index in [1.165, 1.54) is 29.5 Å². The number of aryl methyl sites for hydroxylation is 1. The first-order valence-electron chi connectivity index (χ1n) is 11.2. The fraction of sp³-hybridized carbons (Fsp3) is 0.458. The summed E-state index contributed by atoms with van der Waals surface area (Å²) in [6, 6.07) is 8.38. The Morgan fingerprint density at radius 1 is 1.26 bits per heavy atom. The van der Waals surface area contributed by atoms with Crippen molar-refractivity contribution in [3.8, 4) is 0 Å². The van der Waals surface area contributed by atoms with Crippen molar-refractivity contribution in [3.05, 3.63) is 64.7 Å². The molecule has 7 nitrogen and oxygen atoms in total. The van der Waals surface area contributed by atoms with Crippen molar-refractivity contribution in [1.29, 1.82) is 0 Å². The van der Waals surface area contributed by atoms with Gasteiger partial charge in [0.2, 0.25) is 5.78 Å². The van der Waals surface area contributed by atoms with Gasteiger partial charge in [0.1, 0.15) is 5.69 Å². The van der Waals surface area contributed by atoms with Gasteiger partial charge in [-0.3, -0.25) is 9.20 Å². The Morgan fingerprint density at radius 3 is 2.84 bits per heavy atom. The lowest BCUT2D eigenvalue weighted by Crippen LogP contribution is -2.65. The smallest absolute Gasteiger partial charge is 0.274 e. The summed E-state index contributed by atoms with van der Waals surface area (Å²) in [4.78, 5) is 23.9. The Balaban J connectivity index is 1.22. The van der Waals surface area contributed by atoms with E-state index in [0.717, 1.165) is 18.7 Å². The van der Waals surface area contributed by atoms with Gasteiger partial charge in [-0.25, -0.2) is 9.97 Å². The summed E-state index contributed by atoms with van der Waals surface area (Å²) in [5, 5.41) is 14.6. The van der Waals surface area contributed by atoms with Crippen LogP contribution in [0.15, 0.2) is 36.7 Å². The number of carbonyl (C=O) groups is 1. The van der Waals surface area contributed by atoms with E-state index in [9.17, 15) is 9.90 Å². The van der Waals surface area contributed by atoms with Crippen LogP contribution in [-0.4, -0.2) is 55.0 Å². The number of nitrogens with one attached hydrogen (secondary N) is 1. The molecule has 2 aromatic heterocycles. The summed E-state index contributed by atoms with van der Waals surface area (Å²) in [7, 11) is 0. The molecular weight excluding hydrogens is 390 g/mol. The topological polar surface area (TPSA) is 82.8 Å². The van der Waals surface area contributed by atoms with E-state index in [1.54, 1.807) is 11.1 Å². The molecule has 2 atom stereocenters. The predicted octanol–water partition coefficient (Wildman–Crippen LogP) is 2.21. The SMILES string of the molecule is Cc1c(C2CC2)cnc2nc(C(=O)N3CC[C@]4(Cc5ccccc5CN4)[C@H](O)C3)cn12. The number of aliphatic hydroxyl groups excluding tert-OH is 1. The predicted molar refractivity (Wildman–Crippen MR) is 116 cm³/mol. The van der Waals surface area contributed by atoms with E-state index in [-0.39, 0.29) is 11.4 Å². The van der Waals surface area contributed by atoms with E-state index in [1.807, 2.05) is 10.6 Å². The number of hydrogen-bond donors (Lipinski definition) is 2. The second-order valence-electron chi connectivity index (χ2n) is 9.34. The number of hydrogen-bond acceptors (Lipinski definition) is 5. The van der Waals surface area contributed by atoms with Gasteiger partial charge >= 0.3 is 0 Å². The van der Waals surface area contributed by atoms with Crippen LogP contribution in [0.2, 0.25) is 0 Å². The number of piperidine rings is 1. The zero-order valence-corrected chi connectivity index (χ0v) is 17.7. The maximum absolute atomic E-state index is 13.2. The average Bonchev–Trinajstić information content (AvgIpc) is 3.53. The Bertz CT molecular complexity index is 1180. The first-order valence-corrected chi connectivity index (χ1v) is 11.2. The summed E-state index contributed by atoms with van der Waals surface area (Å²) < 4.78 is 1.93. The molecule has 1 aliphatic carbocycles. The molecule has 2 aliphatic heterocycles. The number of nitrogens with zero attached hydrogens (tertiary/aromatic N) is 4. The molecule has 1 spiro atoms. The maximum Gasteiger partial charge on any atom is 0.274 e. The monoisotopic (exact) mass is 417 g/mol. The molecule has 160 valence electrons. The number of aliphatic hydroxyl groups is 1. The molecule has 0 radical (unpaired) electrons. The maximum atomic E-state index is 13.2. The average molecular weight is 418 g/mol. The van der Waals surface area contributed by atoms with Crippen molar-refractivity contribution < 1.29 is 9.90 Å². The number of β-amino-alcohol motifs (C(OH)–C–C–N with tert-alkyl or cyclic N) is 1. The Kier molecular flexibility index (Phi) is 4.20. The molecule has 1 saturated carbocycles. The Hall–Kier alpha value is -2.77. The minimum Gasteiger partial charge on any atom is -0.389 e. The van der Waals surface area contributed by atoms with Crippen LogP contribution in [0, 0.1) is 6.92 Å². The molecule has 1 aromatic carbocycles. The molecule has 6 rings (SSSR count). The fourth-order valence-corrected chi connectivity index (χ4v) is 5.28. The second-order valence-corrected chi connectivity index (χ2v) is 9.34. The number of benzene rings is 1. The number of likely N-dealkylation sites (tertiary alicyclic amines) is 1. The molecular formula is C24H27N5O2. The molecule has 4 heterocycles. The van der Waals surface area contributed by atoms with Crippen molar-refractivity contribution in [2.24, 2.45) is 0 Å². The minimum atomic E-state index is -0.628. The van der Waals surface area contributed by atoms with Crippen LogP contribution in [0.4, 0.5) is 0 Å². The van der Waals surface area contributed by atoms with Crippen molar-refractivity contribution in [2.45, 2.75) is 56.7 Å². The van der Waals surface area contributed by atoms with E-state index in [0.29, 0.717) is 36.9 Å². The van der Waals surface area contributed by atoms with Crippen molar-refractivity contribution in [2.75, 3.05) is 13.1 Å². The third-order valence-electron chi connectivity index (χ3n) is 7.42. The molecule has 31 heavy (non-hydrogen) atoms. The second kappa shape index (κ2) is 6.87. The van der Waals surface area contributed by atoms with Crippen molar-refractivity contribution in [3.63, 3.8) is 0 Å². The Morgan fingerprint density at radius 2 is 2.06 bits per heavy atom. The lowest BCUT2D eigenvalue weighted by Gasteiger charge is -2.48. The van der Waals surface area contributed by atoms with Crippen LogP contribution in [0.3, 0.4) is 0 Å². The highest BCUT2D eigenvalue weighted by molar-refractivity contribution is 5.93. The fourth-order valence-electron chi connectivity index (χ4n) is 5.28. The molecule has 2 N–H and O–H groups in total. The molecule has 0 unspecified atom stereocenters. The van der Waals surface area contributed by atoms with E-state index < -0.39 is 6.10 Å². The molecule has 7 heteroatoms. The number of amides is 1. The van der Waals surface area contributed by atoms with E-state index >= 15 is 0 Å². The highest BCUT2D eigenvalue weighted by Gasteiger charge is 2.45. The summed E-state index contributed by atoms with van der Waals surface area (Å²) in [5.41, 5.74) is 4.96. The molecule has 3 aromatic rings. The van der Waals surface area contributed by atoms with Gasteiger partial charge in [0.15, 0.2) is 0 Å². The largest absolute Gasteiger partial charge is 0.389 e. The summed E-state index contributed by atoms with van der Waals surface area (Å²) in [6.45, 7) is 3.72. The first kappa shape index (κ1) is 19.0. The molecule has 2 fully saturated rings. The van der Waals surface area contributed by atoms with Crippen LogP contribution >= 0.6 is 0 Å². The van der Waals surface area contributed by atoms with Gasteiger partial charge in [-0.1, -0.05) is 24.3 Å². The quantitative estimate of drug-likeness (QED) is 0.668. The molecule has 0 bridgehead atoms. The third-order valence-corrected chi connectivity index (χ3v) is 7.42. The number of imidazole rings is 1. The van der Waals surface area contributed by atoms with Gasteiger partial charge in [0, 0.05) is 37.7 Å². The van der Waals surface area contributed by atoms with E-state index in [4.69, 9.17) is 0 Å². The van der Waals surface area contributed by atoms with Crippen LogP contribution in [0.1, 0.15) is 58.1 Å². The number of carbonyl (C=O) groups excluding carboxylic acids is 1. The molecule has 1 saturated heterocycles. The van der Waals surface area contributed by atoms with Crippen LogP contribution in [-0.2, 0) is 13.0 Å². The number of fused-ring (bicyclic) bond motifs is 2. The van der Waals surface area contributed by atoms with Crippen molar-refractivity contribution in [1.82, 2.24) is 24.6 Å². The van der Waals surface area contributed by atoms with Crippen LogP contribution in [0.5, 0.6) is 0 Å². The number of rotatable bonds is 2. The van der Waals surface area contributed by atoms with E-state index in [2.05, 4.69) is 46.5 Å². The lowest BCUT2D eigenvalue weighted by molar-refractivity contribution is -0.0140. The Labute approximate surface area is 181 Å². The van der Waals surface area contributed by atoms with Gasteiger partial charge in [0.05, 0.1) is 11.6 Å². The summed E-state index contributed by atoms with van der Waals surface area (Å²) in [5.74, 6) is 1.02. The first-order chi connectivity index (χ1) is 15.0. The highest BCUT2D eigenvalue weighted by atomic mass is 16.3. The standard InChI is InChI=1S/C24H27N5O2/c1-15-19(16-6-7-16)12-25-23-27-20(13-29(15)23)22(31)28-9-8-24(21(30)14-28)10-17-4-2-3-5-18(17)11-26-24/h2-5,12-13,16,21,26,30H,6-11,14H2,1H3/t21-,24+/m1/s1. The van der Waals surface area contributed by atoms with Crippen LogP contribution in [0.25, 0.3) is 5.78 Å². The number of aromatic nitrogens is 3. The summed E-state index contributed by atoms with van der Waals surface area (Å²) in [6.07, 6.45) is 7.00. The summed E-state index contributed by atoms with van der Waals surface area (Å²) >= 11 is 0. The van der Waals surface area contributed by atoms with Crippen LogP contribution < -0.4 is 5.32 Å². The van der Waals surface area contributed by atoms with Gasteiger partial charge in [0.25, 0.3) is 5.91 Å². The zero-order valence-electron chi connectivity index (χ0n) is 17.7. The lowest BCUT2D eigenvalue weighted by atomic mass is 9.76. The molecule has 1 amide bonds. The van der Waals surface area contributed by atoms with Gasteiger partial charge in [-0.2, -0.15) is 0 Å². The van der Waals surface area contributed by atoms with Crippen molar-refractivity contribution >= 4 is 11.7 Å². The van der Waals surface area contributed by atoms with Gasteiger partial charge < -0.3 is 15.3 Å². The molecule has 3 aliphatic rings. The third kappa shape index (κ3) is 3.06. The van der Waals surface area contributed by atoms with Gasteiger partial charge in [-0.05, 0) is 55.2 Å². The van der Waals surface area contributed by atoms with Gasteiger partial charge in [-0.15, -0.1) is 0 Å². The zero-order chi connectivity index (χ0) is 21.2.